The predicted octanol–water partition coefficient (Wildman–Crippen LogP) is 3.02. The van der Waals surface area contributed by atoms with E-state index in [0.29, 0.717) is 24.0 Å². The van der Waals surface area contributed by atoms with E-state index in [4.69, 9.17) is 12.2 Å². The number of fused-ring (bicyclic) bond motifs is 2. The zero-order valence-corrected chi connectivity index (χ0v) is 16.1. The van der Waals surface area contributed by atoms with Crippen LogP contribution in [0.1, 0.15) is 50.5 Å². The molecule has 0 aromatic heterocycles. The molecule has 0 radical (unpaired) electrons. The Balaban J connectivity index is 1.30. The largest absolute Gasteiger partial charge is 0.362 e. The summed E-state index contributed by atoms with van der Waals surface area (Å²) >= 11 is 5.75. The first kappa shape index (κ1) is 17.8. The normalized spacial score (nSPS) is 27.7. The number of nitrogens with one attached hydrogen (secondary N) is 2. The van der Waals surface area contributed by atoms with Crippen LogP contribution in [0.15, 0.2) is 30.3 Å². The average molecular weight is 372 g/mol. The fourth-order valence-corrected chi connectivity index (χ4v) is 4.95. The topological polar surface area (TPSA) is 44.4 Å². The Kier molecular flexibility index (Phi) is 5.44. The van der Waals surface area contributed by atoms with E-state index in [1.165, 1.54) is 24.8 Å². The summed E-state index contributed by atoms with van der Waals surface area (Å²) in [4.78, 5) is 14.6. The fourth-order valence-electron chi connectivity index (χ4n) is 4.55. The number of amides is 1. The third-order valence-electron chi connectivity index (χ3n) is 6.04. The molecule has 1 amide bonds. The van der Waals surface area contributed by atoms with Gasteiger partial charge in [-0.3, -0.25) is 4.79 Å². The SMILES string of the molecule is O=C(NC1C[C@@H]2CCC[C@@H](C1)N2C(=S)NCCc1ccccc1)C1CC1. The molecule has 140 valence electrons. The van der Waals surface area contributed by atoms with Crippen LogP contribution >= 0.6 is 12.2 Å². The highest BCUT2D eigenvalue weighted by atomic mass is 32.1. The van der Waals surface area contributed by atoms with Crippen molar-refractivity contribution in [2.24, 2.45) is 5.92 Å². The van der Waals surface area contributed by atoms with Crippen molar-refractivity contribution in [3.63, 3.8) is 0 Å². The molecule has 4 rings (SSSR count). The Morgan fingerprint density at radius 3 is 2.42 bits per heavy atom. The van der Waals surface area contributed by atoms with Gasteiger partial charge in [0.2, 0.25) is 5.91 Å². The summed E-state index contributed by atoms with van der Waals surface area (Å²) in [5.41, 5.74) is 1.34. The lowest BCUT2D eigenvalue weighted by Gasteiger charge is -2.50. The Hall–Kier alpha value is -1.62. The number of carbonyl (C=O) groups excluding carboxylic acids is 1. The van der Waals surface area contributed by atoms with E-state index in [1.54, 1.807) is 0 Å². The molecule has 2 saturated heterocycles. The highest BCUT2D eigenvalue weighted by molar-refractivity contribution is 7.80. The van der Waals surface area contributed by atoms with Crippen molar-refractivity contribution in [2.75, 3.05) is 6.54 Å². The van der Waals surface area contributed by atoms with Crippen molar-refractivity contribution in [3.8, 4) is 0 Å². The molecular formula is C21H29N3OS. The molecule has 1 aromatic carbocycles. The maximum atomic E-state index is 12.1. The van der Waals surface area contributed by atoms with E-state index < -0.39 is 0 Å². The van der Waals surface area contributed by atoms with Gasteiger partial charge in [0.15, 0.2) is 5.11 Å². The number of hydrogen-bond acceptors (Lipinski definition) is 2. The fraction of sp³-hybridized carbons (Fsp3) is 0.619. The summed E-state index contributed by atoms with van der Waals surface area (Å²) in [5, 5.41) is 7.69. The summed E-state index contributed by atoms with van der Waals surface area (Å²) in [5.74, 6) is 0.582. The van der Waals surface area contributed by atoms with Gasteiger partial charge >= 0.3 is 0 Å². The maximum Gasteiger partial charge on any atom is 0.223 e. The Bertz CT molecular complexity index is 632. The number of hydrogen-bond donors (Lipinski definition) is 2. The van der Waals surface area contributed by atoms with Crippen LogP contribution in [0.2, 0.25) is 0 Å². The second-order valence-electron chi connectivity index (χ2n) is 8.06. The van der Waals surface area contributed by atoms with Crippen LogP contribution in [-0.2, 0) is 11.2 Å². The predicted molar refractivity (Wildman–Crippen MR) is 108 cm³/mol. The van der Waals surface area contributed by atoms with Gasteiger partial charge in [0, 0.05) is 30.6 Å². The van der Waals surface area contributed by atoms with Gasteiger partial charge in [-0.05, 0) is 69.1 Å². The number of thiocarbonyl (C=S) groups is 1. The van der Waals surface area contributed by atoms with Crippen LogP contribution in [0.4, 0.5) is 0 Å². The highest BCUT2D eigenvalue weighted by Crippen LogP contribution is 2.35. The lowest BCUT2D eigenvalue weighted by Crippen LogP contribution is -2.61. The van der Waals surface area contributed by atoms with E-state index in [0.717, 1.165) is 43.8 Å². The molecular weight excluding hydrogens is 342 g/mol. The quantitative estimate of drug-likeness (QED) is 0.781. The van der Waals surface area contributed by atoms with Crippen LogP contribution in [0.25, 0.3) is 0 Å². The maximum absolute atomic E-state index is 12.1. The number of carbonyl (C=O) groups is 1. The second-order valence-corrected chi connectivity index (χ2v) is 8.45. The molecule has 0 spiro atoms. The number of rotatable bonds is 5. The van der Waals surface area contributed by atoms with Gasteiger partial charge in [-0.25, -0.2) is 0 Å². The second kappa shape index (κ2) is 7.95. The molecule has 2 heterocycles. The molecule has 3 fully saturated rings. The first-order chi connectivity index (χ1) is 12.7. The Morgan fingerprint density at radius 2 is 1.77 bits per heavy atom. The van der Waals surface area contributed by atoms with E-state index in [2.05, 4.69) is 45.9 Å². The van der Waals surface area contributed by atoms with Gasteiger partial charge in [-0.1, -0.05) is 30.3 Å². The van der Waals surface area contributed by atoms with E-state index in [9.17, 15) is 4.79 Å². The zero-order valence-electron chi connectivity index (χ0n) is 15.3. The summed E-state index contributed by atoms with van der Waals surface area (Å²) in [6.07, 6.45) is 8.87. The Morgan fingerprint density at radius 1 is 1.08 bits per heavy atom. The van der Waals surface area contributed by atoms with Gasteiger partial charge in [0.05, 0.1) is 0 Å². The van der Waals surface area contributed by atoms with Crippen LogP contribution in [0.5, 0.6) is 0 Å². The summed E-state index contributed by atoms with van der Waals surface area (Å²) in [7, 11) is 0. The van der Waals surface area contributed by atoms with E-state index in [1.807, 2.05) is 0 Å². The first-order valence-corrected chi connectivity index (χ1v) is 10.5. The van der Waals surface area contributed by atoms with Gasteiger partial charge in [0.1, 0.15) is 0 Å². The van der Waals surface area contributed by atoms with E-state index in [-0.39, 0.29) is 5.91 Å². The Labute approximate surface area is 161 Å². The van der Waals surface area contributed by atoms with Crippen molar-refractivity contribution in [1.29, 1.82) is 0 Å². The van der Waals surface area contributed by atoms with Crippen molar-refractivity contribution in [2.45, 2.75) is 69.5 Å². The molecule has 4 nitrogen and oxygen atoms in total. The molecule has 2 atom stereocenters. The van der Waals surface area contributed by atoms with Crippen molar-refractivity contribution < 1.29 is 4.79 Å². The average Bonchev–Trinajstić information content (AvgIpc) is 3.47. The standard InChI is InChI=1S/C21H29N3OS/c25-20(16-9-10-16)23-17-13-18-7-4-8-19(14-17)24(18)21(26)22-12-11-15-5-2-1-3-6-15/h1-3,5-6,16-19H,4,7-14H2,(H,22,26)(H,23,25)/t18-,19-/m0/s1. The molecule has 26 heavy (non-hydrogen) atoms. The van der Waals surface area contributed by atoms with E-state index >= 15 is 0 Å². The monoisotopic (exact) mass is 371 g/mol. The first-order valence-electron chi connectivity index (χ1n) is 10.1. The van der Waals surface area contributed by atoms with Gasteiger partial charge in [-0.2, -0.15) is 0 Å². The van der Waals surface area contributed by atoms with Gasteiger partial charge in [-0.15, -0.1) is 0 Å². The van der Waals surface area contributed by atoms with Crippen molar-refractivity contribution in [1.82, 2.24) is 15.5 Å². The number of piperidine rings is 2. The summed E-state index contributed by atoms with van der Waals surface area (Å²) < 4.78 is 0. The van der Waals surface area contributed by atoms with Gasteiger partial charge < -0.3 is 15.5 Å². The lowest BCUT2D eigenvalue weighted by molar-refractivity contribution is -0.123. The molecule has 1 saturated carbocycles. The molecule has 2 bridgehead atoms. The third-order valence-corrected chi connectivity index (χ3v) is 6.39. The molecule has 2 aliphatic heterocycles. The third kappa shape index (κ3) is 4.20. The number of benzene rings is 1. The minimum atomic E-state index is 0.282. The van der Waals surface area contributed by atoms with Crippen LogP contribution < -0.4 is 10.6 Å². The van der Waals surface area contributed by atoms with Crippen molar-refractivity contribution >= 4 is 23.2 Å². The highest BCUT2D eigenvalue weighted by Gasteiger charge is 2.41. The molecule has 3 aliphatic rings. The van der Waals surface area contributed by atoms with Crippen molar-refractivity contribution in [3.05, 3.63) is 35.9 Å². The van der Waals surface area contributed by atoms with Crippen LogP contribution in [0.3, 0.4) is 0 Å². The minimum absolute atomic E-state index is 0.282. The lowest BCUT2D eigenvalue weighted by atomic mass is 9.82. The molecule has 2 N–H and O–H groups in total. The van der Waals surface area contributed by atoms with Crippen LogP contribution in [0, 0.1) is 5.92 Å². The van der Waals surface area contributed by atoms with Crippen LogP contribution in [-0.4, -0.2) is 40.6 Å². The molecule has 1 aliphatic carbocycles. The molecule has 0 unspecified atom stereocenters. The molecule has 5 heteroatoms. The number of nitrogens with zero attached hydrogens (tertiary/aromatic N) is 1. The smallest absolute Gasteiger partial charge is 0.223 e. The zero-order chi connectivity index (χ0) is 17.9. The summed E-state index contributed by atoms with van der Waals surface area (Å²) in [6, 6.07) is 11.8. The minimum Gasteiger partial charge on any atom is -0.362 e. The molecule has 1 aromatic rings. The van der Waals surface area contributed by atoms with Gasteiger partial charge in [0.25, 0.3) is 0 Å². The summed E-state index contributed by atoms with van der Waals surface area (Å²) in [6.45, 7) is 0.876.